The lowest BCUT2D eigenvalue weighted by Gasteiger charge is -2.27. The molecule has 1 aromatic rings. The predicted octanol–water partition coefficient (Wildman–Crippen LogP) is 2.80. The zero-order valence-corrected chi connectivity index (χ0v) is 12.3. The number of carbonyl (C=O) groups is 1. The van der Waals surface area contributed by atoms with E-state index in [1.807, 2.05) is 24.3 Å². The number of hydrogen-bond acceptors (Lipinski definition) is 3. The second-order valence-electron chi connectivity index (χ2n) is 5.60. The minimum Gasteiger partial charge on any atom is -0.495 e. The van der Waals surface area contributed by atoms with Crippen LogP contribution in [0.4, 0.5) is 5.69 Å². The highest BCUT2D eigenvalue weighted by Crippen LogP contribution is 2.24. The summed E-state index contributed by atoms with van der Waals surface area (Å²) in [5, 5.41) is 6.24. The Morgan fingerprint density at radius 1 is 1.35 bits per heavy atom. The van der Waals surface area contributed by atoms with Gasteiger partial charge in [0.25, 0.3) is 0 Å². The van der Waals surface area contributed by atoms with Crippen molar-refractivity contribution >= 4 is 11.6 Å². The highest BCUT2D eigenvalue weighted by atomic mass is 16.5. The van der Waals surface area contributed by atoms with Crippen molar-refractivity contribution in [2.75, 3.05) is 19.0 Å². The maximum absolute atomic E-state index is 12.0. The third-order valence-corrected chi connectivity index (χ3v) is 3.87. The lowest BCUT2D eigenvalue weighted by atomic mass is 9.87. The first kappa shape index (κ1) is 14.9. The monoisotopic (exact) mass is 276 g/mol. The minimum atomic E-state index is -0.0206. The maximum atomic E-state index is 12.0. The summed E-state index contributed by atoms with van der Waals surface area (Å²) in [6.07, 6.45) is 4.91. The Balaban J connectivity index is 1.80. The molecule has 0 heterocycles. The highest BCUT2D eigenvalue weighted by Gasteiger charge is 2.19. The Kier molecular flexibility index (Phi) is 5.41. The number of nitrogens with one attached hydrogen (secondary N) is 2. The van der Waals surface area contributed by atoms with E-state index in [0.717, 1.165) is 11.6 Å². The number of para-hydroxylation sites is 2. The summed E-state index contributed by atoms with van der Waals surface area (Å²) >= 11 is 0. The Hall–Kier alpha value is -1.55. The lowest BCUT2D eigenvalue weighted by molar-refractivity contribution is -0.115. The average Bonchev–Trinajstić information content (AvgIpc) is 2.46. The van der Waals surface area contributed by atoms with E-state index < -0.39 is 0 Å². The van der Waals surface area contributed by atoms with Gasteiger partial charge in [0.2, 0.25) is 5.91 Å². The standard InChI is InChI=1S/C16H24N2O2/c1-12-6-5-7-13(10-12)17-11-16(19)18-14-8-3-4-9-15(14)20-2/h3-4,8-9,12-13,17H,5-7,10-11H2,1-2H3,(H,18,19). The van der Waals surface area contributed by atoms with Gasteiger partial charge in [0.05, 0.1) is 19.3 Å². The number of carbonyl (C=O) groups excluding carboxylic acids is 1. The summed E-state index contributed by atoms with van der Waals surface area (Å²) < 4.78 is 5.22. The molecule has 1 aromatic carbocycles. The predicted molar refractivity (Wildman–Crippen MR) is 81.0 cm³/mol. The SMILES string of the molecule is COc1ccccc1NC(=O)CNC1CCCC(C)C1. The van der Waals surface area contributed by atoms with Gasteiger partial charge < -0.3 is 15.4 Å². The molecule has 2 rings (SSSR count). The summed E-state index contributed by atoms with van der Waals surface area (Å²) in [4.78, 5) is 12.0. The molecule has 1 aliphatic rings. The smallest absolute Gasteiger partial charge is 0.238 e. The number of rotatable bonds is 5. The first-order valence-corrected chi connectivity index (χ1v) is 7.35. The van der Waals surface area contributed by atoms with Crippen LogP contribution < -0.4 is 15.4 Å². The molecular weight excluding hydrogens is 252 g/mol. The van der Waals surface area contributed by atoms with E-state index in [4.69, 9.17) is 4.74 Å². The van der Waals surface area contributed by atoms with Gasteiger partial charge >= 0.3 is 0 Å². The quantitative estimate of drug-likeness (QED) is 0.869. The van der Waals surface area contributed by atoms with Gasteiger partial charge in [0.1, 0.15) is 5.75 Å². The van der Waals surface area contributed by atoms with Crippen molar-refractivity contribution in [2.45, 2.75) is 38.6 Å². The third-order valence-electron chi connectivity index (χ3n) is 3.87. The molecule has 4 nitrogen and oxygen atoms in total. The number of methoxy groups -OCH3 is 1. The fraction of sp³-hybridized carbons (Fsp3) is 0.562. The molecule has 2 unspecified atom stereocenters. The van der Waals surface area contributed by atoms with Gasteiger partial charge in [-0.25, -0.2) is 0 Å². The van der Waals surface area contributed by atoms with Crippen LogP contribution in [-0.2, 0) is 4.79 Å². The van der Waals surface area contributed by atoms with E-state index in [9.17, 15) is 4.79 Å². The molecule has 1 amide bonds. The second kappa shape index (κ2) is 7.29. The topological polar surface area (TPSA) is 50.4 Å². The van der Waals surface area contributed by atoms with Crippen LogP contribution in [-0.4, -0.2) is 25.6 Å². The third kappa shape index (κ3) is 4.23. The Morgan fingerprint density at radius 2 is 2.15 bits per heavy atom. The van der Waals surface area contributed by atoms with Crippen LogP contribution >= 0.6 is 0 Å². The van der Waals surface area contributed by atoms with Crippen LogP contribution in [0.2, 0.25) is 0 Å². The average molecular weight is 276 g/mol. The minimum absolute atomic E-state index is 0.0206. The van der Waals surface area contributed by atoms with Crippen molar-refractivity contribution in [3.8, 4) is 5.75 Å². The number of hydrogen-bond donors (Lipinski definition) is 2. The normalized spacial score (nSPS) is 22.3. The molecule has 1 saturated carbocycles. The van der Waals surface area contributed by atoms with E-state index in [-0.39, 0.29) is 5.91 Å². The summed E-state index contributed by atoms with van der Waals surface area (Å²) in [7, 11) is 1.60. The van der Waals surface area contributed by atoms with Gasteiger partial charge in [-0.2, -0.15) is 0 Å². The van der Waals surface area contributed by atoms with Gasteiger partial charge in [-0.15, -0.1) is 0 Å². The molecule has 20 heavy (non-hydrogen) atoms. The Labute approximate surface area is 120 Å². The maximum Gasteiger partial charge on any atom is 0.238 e. The van der Waals surface area contributed by atoms with Crippen molar-refractivity contribution in [1.29, 1.82) is 0 Å². The molecule has 0 radical (unpaired) electrons. The van der Waals surface area contributed by atoms with Crippen molar-refractivity contribution in [3.05, 3.63) is 24.3 Å². The first-order valence-electron chi connectivity index (χ1n) is 7.35. The molecule has 2 atom stereocenters. The molecular formula is C16H24N2O2. The lowest BCUT2D eigenvalue weighted by Crippen LogP contribution is -2.38. The molecule has 0 aromatic heterocycles. The molecule has 1 aliphatic carbocycles. The molecule has 1 fully saturated rings. The van der Waals surface area contributed by atoms with Crippen LogP contribution in [0.5, 0.6) is 5.75 Å². The molecule has 110 valence electrons. The van der Waals surface area contributed by atoms with Gasteiger partial charge in [0, 0.05) is 6.04 Å². The van der Waals surface area contributed by atoms with Crippen molar-refractivity contribution in [2.24, 2.45) is 5.92 Å². The van der Waals surface area contributed by atoms with E-state index >= 15 is 0 Å². The summed E-state index contributed by atoms with van der Waals surface area (Å²) in [6, 6.07) is 7.93. The van der Waals surface area contributed by atoms with Gasteiger partial charge in [0.15, 0.2) is 0 Å². The van der Waals surface area contributed by atoms with Gasteiger partial charge in [-0.1, -0.05) is 31.9 Å². The Morgan fingerprint density at radius 3 is 2.90 bits per heavy atom. The van der Waals surface area contributed by atoms with Crippen LogP contribution in [0.15, 0.2) is 24.3 Å². The van der Waals surface area contributed by atoms with Crippen molar-refractivity contribution in [1.82, 2.24) is 5.32 Å². The van der Waals surface area contributed by atoms with Crippen LogP contribution in [0.1, 0.15) is 32.6 Å². The second-order valence-corrected chi connectivity index (χ2v) is 5.60. The molecule has 0 bridgehead atoms. The van der Waals surface area contributed by atoms with Crippen LogP contribution in [0.25, 0.3) is 0 Å². The number of anilines is 1. The summed E-state index contributed by atoms with van der Waals surface area (Å²) in [5.41, 5.74) is 0.721. The van der Waals surface area contributed by atoms with Gasteiger partial charge in [-0.05, 0) is 30.9 Å². The molecule has 2 N–H and O–H groups in total. The molecule has 4 heteroatoms. The molecule has 0 spiro atoms. The van der Waals surface area contributed by atoms with Gasteiger partial charge in [-0.3, -0.25) is 4.79 Å². The van der Waals surface area contributed by atoms with E-state index in [0.29, 0.717) is 18.3 Å². The zero-order valence-electron chi connectivity index (χ0n) is 12.3. The Bertz CT molecular complexity index is 448. The number of amides is 1. The van der Waals surface area contributed by atoms with E-state index in [2.05, 4.69) is 17.6 Å². The van der Waals surface area contributed by atoms with Crippen molar-refractivity contribution < 1.29 is 9.53 Å². The number of benzene rings is 1. The fourth-order valence-corrected chi connectivity index (χ4v) is 2.80. The molecule has 0 aliphatic heterocycles. The molecule has 0 saturated heterocycles. The zero-order chi connectivity index (χ0) is 14.4. The van der Waals surface area contributed by atoms with E-state index in [1.54, 1.807) is 7.11 Å². The number of ether oxygens (including phenoxy) is 1. The largest absolute Gasteiger partial charge is 0.495 e. The first-order chi connectivity index (χ1) is 9.69. The summed E-state index contributed by atoms with van der Waals surface area (Å²) in [6.45, 7) is 2.64. The summed E-state index contributed by atoms with van der Waals surface area (Å²) in [5.74, 6) is 1.43. The van der Waals surface area contributed by atoms with Crippen LogP contribution in [0.3, 0.4) is 0 Å². The highest BCUT2D eigenvalue weighted by molar-refractivity contribution is 5.93. The van der Waals surface area contributed by atoms with E-state index in [1.165, 1.54) is 25.7 Å². The van der Waals surface area contributed by atoms with Crippen molar-refractivity contribution in [3.63, 3.8) is 0 Å². The van der Waals surface area contributed by atoms with Crippen LogP contribution in [0, 0.1) is 5.92 Å². The fourth-order valence-electron chi connectivity index (χ4n) is 2.80.